The second-order valence-corrected chi connectivity index (χ2v) is 3.62. The number of rotatable bonds is 3. The number of fused-ring (bicyclic) bond motifs is 1. The van der Waals surface area contributed by atoms with E-state index in [4.69, 9.17) is 4.74 Å². The van der Waals surface area contributed by atoms with E-state index < -0.39 is 0 Å². The molecule has 3 heteroatoms. The SMILES string of the molecule is Br.CCCCC1OC(=O)c2ccccc21. The van der Waals surface area contributed by atoms with Crippen LogP contribution in [-0.2, 0) is 4.74 Å². The van der Waals surface area contributed by atoms with Crippen molar-refractivity contribution in [1.82, 2.24) is 0 Å². The van der Waals surface area contributed by atoms with E-state index in [0.29, 0.717) is 0 Å². The lowest BCUT2D eigenvalue weighted by molar-refractivity contribution is 0.0364. The van der Waals surface area contributed by atoms with Crippen LogP contribution >= 0.6 is 17.0 Å². The molecule has 15 heavy (non-hydrogen) atoms. The average molecular weight is 271 g/mol. The van der Waals surface area contributed by atoms with Crippen molar-refractivity contribution in [3.05, 3.63) is 35.4 Å². The van der Waals surface area contributed by atoms with Crippen LogP contribution in [0.25, 0.3) is 0 Å². The van der Waals surface area contributed by atoms with Crippen molar-refractivity contribution < 1.29 is 9.53 Å². The summed E-state index contributed by atoms with van der Waals surface area (Å²) in [6, 6.07) is 7.66. The maximum Gasteiger partial charge on any atom is 0.339 e. The molecular formula is C12H15BrO2. The normalized spacial score (nSPS) is 17.9. The topological polar surface area (TPSA) is 26.3 Å². The molecule has 0 radical (unpaired) electrons. The third kappa shape index (κ3) is 2.40. The second kappa shape index (κ2) is 5.31. The van der Waals surface area contributed by atoms with Gasteiger partial charge < -0.3 is 4.74 Å². The molecule has 0 spiro atoms. The van der Waals surface area contributed by atoms with Crippen LogP contribution < -0.4 is 0 Å². The Hall–Kier alpha value is -0.830. The summed E-state index contributed by atoms with van der Waals surface area (Å²) >= 11 is 0. The summed E-state index contributed by atoms with van der Waals surface area (Å²) < 4.78 is 5.29. The standard InChI is InChI=1S/C12H14O2.BrH/c1-2-3-8-11-9-6-4-5-7-10(9)12(13)14-11;/h4-7,11H,2-3,8H2,1H3;1H. The second-order valence-electron chi connectivity index (χ2n) is 3.62. The molecule has 0 bridgehead atoms. The summed E-state index contributed by atoms with van der Waals surface area (Å²) in [7, 11) is 0. The number of hydrogen-bond donors (Lipinski definition) is 0. The van der Waals surface area contributed by atoms with Crippen molar-refractivity contribution in [2.45, 2.75) is 32.3 Å². The van der Waals surface area contributed by atoms with Gasteiger partial charge in [-0.3, -0.25) is 0 Å². The lowest BCUT2D eigenvalue weighted by atomic mass is 10.0. The number of unbranched alkanes of at least 4 members (excludes halogenated alkanes) is 1. The molecule has 1 heterocycles. The number of halogens is 1. The third-order valence-electron chi connectivity index (χ3n) is 2.60. The van der Waals surface area contributed by atoms with Crippen LogP contribution in [0.3, 0.4) is 0 Å². The first-order valence-electron chi connectivity index (χ1n) is 5.13. The van der Waals surface area contributed by atoms with Crippen LogP contribution in [0.15, 0.2) is 24.3 Å². The van der Waals surface area contributed by atoms with Crippen molar-refractivity contribution in [3.8, 4) is 0 Å². The molecule has 2 nitrogen and oxygen atoms in total. The lowest BCUT2D eigenvalue weighted by Gasteiger charge is -2.08. The Morgan fingerprint density at radius 2 is 2.07 bits per heavy atom. The molecule has 0 aromatic heterocycles. The quantitative estimate of drug-likeness (QED) is 0.784. The monoisotopic (exact) mass is 270 g/mol. The molecule has 1 atom stereocenters. The molecule has 1 aromatic carbocycles. The molecule has 0 saturated heterocycles. The molecule has 0 N–H and O–H groups in total. The third-order valence-corrected chi connectivity index (χ3v) is 2.60. The molecule has 0 aliphatic carbocycles. The molecule has 0 fully saturated rings. The summed E-state index contributed by atoms with van der Waals surface area (Å²) in [6.07, 6.45) is 3.18. The van der Waals surface area contributed by atoms with Crippen molar-refractivity contribution in [3.63, 3.8) is 0 Å². The van der Waals surface area contributed by atoms with Gasteiger partial charge >= 0.3 is 5.97 Å². The Morgan fingerprint density at radius 3 is 2.80 bits per heavy atom. The summed E-state index contributed by atoms with van der Waals surface area (Å²) in [6.45, 7) is 2.14. The van der Waals surface area contributed by atoms with Gasteiger partial charge in [-0.15, -0.1) is 17.0 Å². The van der Waals surface area contributed by atoms with E-state index in [1.165, 1.54) is 0 Å². The summed E-state index contributed by atoms with van der Waals surface area (Å²) in [5.74, 6) is -0.165. The largest absolute Gasteiger partial charge is 0.454 e. The number of carbonyl (C=O) groups is 1. The Bertz CT molecular complexity index is 349. The van der Waals surface area contributed by atoms with Crippen molar-refractivity contribution in [2.75, 3.05) is 0 Å². The maximum atomic E-state index is 11.4. The fourth-order valence-electron chi connectivity index (χ4n) is 1.82. The molecule has 1 aliphatic rings. The zero-order valence-electron chi connectivity index (χ0n) is 8.73. The van der Waals surface area contributed by atoms with Crippen LogP contribution in [0, 0.1) is 0 Å². The van der Waals surface area contributed by atoms with Gasteiger partial charge in [0.25, 0.3) is 0 Å². The predicted molar refractivity (Wildman–Crippen MR) is 64.4 cm³/mol. The number of cyclic esters (lactones) is 1. The molecule has 0 amide bonds. The minimum atomic E-state index is -0.165. The van der Waals surface area contributed by atoms with E-state index >= 15 is 0 Å². The Kier molecular flexibility index (Phi) is 4.33. The number of benzene rings is 1. The fraction of sp³-hybridized carbons (Fsp3) is 0.417. The summed E-state index contributed by atoms with van der Waals surface area (Å²) in [4.78, 5) is 11.4. The van der Waals surface area contributed by atoms with Crippen molar-refractivity contribution in [1.29, 1.82) is 0 Å². The molecule has 1 aromatic rings. The highest BCUT2D eigenvalue weighted by Gasteiger charge is 2.29. The van der Waals surface area contributed by atoms with Gasteiger partial charge in [0, 0.05) is 5.56 Å². The Morgan fingerprint density at radius 1 is 1.33 bits per heavy atom. The van der Waals surface area contributed by atoms with E-state index in [-0.39, 0.29) is 29.1 Å². The zero-order valence-corrected chi connectivity index (χ0v) is 10.4. The van der Waals surface area contributed by atoms with Gasteiger partial charge in [-0.1, -0.05) is 31.5 Å². The van der Waals surface area contributed by atoms with Gasteiger partial charge in [0.05, 0.1) is 5.56 Å². The van der Waals surface area contributed by atoms with Crippen LogP contribution in [0.5, 0.6) is 0 Å². The van der Waals surface area contributed by atoms with Crippen molar-refractivity contribution in [2.24, 2.45) is 0 Å². The van der Waals surface area contributed by atoms with Crippen LogP contribution in [0.1, 0.15) is 48.2 Å². The van der Waals surface area contributed by atoms with Gasteiger partial charge in [-0.25, -0.2) is 4.79 Å². The smallest absolute Gasteiger partial charge is 0.339 e. The van der Waals surface area contributed by atoms with E-state index in [9.17, 15) is 4.79 Å². The summed E-state index contributed by atoms with van der Waals surface area (Å²) in [5.41, 5.74) is 1.81. The molecule has 82 valence electrons. The average Bonchev–Trinajstić information content (AvgIpc) is 2.54. The molecule has 2 rings (SSSR count). The first-order valence-corrected chi connectivity index (χ1v) is 5.13. The highest BCUT2D eigenvalue weighted by atomic mass is 79.9. The van der Waals surface area contributed by atoms with E-state index in [1.54, 1.807) is 0 Å². The maximum absolute atomic E-state index is 11.4. The number of carbonyl (C=O) groups excluding carboxylic acids is 1. The predicted octanol–water partition coefficient (Wildman–Crippen LogP) is 3.67. The van der Waals surface area contributed by atoms with Gasteiger partial charge in [0.15, 0.2) is 0 Å². The summed E-state index contributed by atoms with van der Waals surface area (Å²) in [5, 5.41) is 0. The van der Waals surface area contributed by atoms with Crippen molar-refractivity contribution >= 4 is 23.0 Å². The van der Waals surface area contributed by atoms with E-state index in [0.717, 1.165) is 30.4 Å². The van der Waals surface area contributed by atoms with Crippen LogP contribution in [0.4, 0.5) is 0 Å². The van der Waals surface area contributed by atoms with Gasteiger partial charge in [0.2, 0.25) is 0 Å². The van der Waals surface area contributed by atoms with Gasteiger partial charge in [-0.05, 0) is 18.9 Å². The number of esters is 1. The highest BCUT2D eigenvalue weighted by Crippen LogP contribution is 2.33. The van der Waals surface area contributed by atoms with Gasteiger partial charge in [-0.2, -0.15) is 0 Å². The molecule has 0 saturated carbocycles. The first kappa shape index (κ1) is 12.2. The van der Waals surface area contributed by atoms with E-state index in [1.807, 2.05) is 24.3 Å². The highest BCUT2D eigenvalue weighted by molar-refractivity contribution is 8.93. The molecular weight excluding hydrogens is 256 g/mol. The van der Waals surface area contributed by atoms with E-state index in [2.05, 4.69) is 6.92 Å². The Balaban J connectivity index is 0.00000112. The van der Waals surface area contributed by atoms with Crippen LogP contribution in [-0.4, -0.2) is 5.97 Å². The minimum absolute atomic E-state index is 0. The fourth-order valence-corrected chi connectivity index (χ4v) is 1.82. The minimum Gasteiger partial charge on any atom is -0.454 e. The van der Waals surface area contributed by atoms with Gasteiger partial charge in [0.1, 0.15) is 6.10 Å². The Labute approximate surface area is 100 Å². The molecule has 1 unspecified atom stereocenters. The zero-order chi connectivity index (χ0) is 9.97. The molecule has 1 aliphatic heterocycles. The number of hydrogen-bond acceptors (Lipinski definition) is 2. The lowest BCUT2D eigenvalue weighted by Crippen LogP contribution is -1.98. The van der Waals surface area contributed by atoms with Crippen LogP contribution in [0.2, 0.25) is 0 Å². The number of ether oxygens (including phenoxy) is 1. The first-order chi connectivity index (χ1) is 6.83.